The second kappa shape index (κ2) is 13.7. The Kier molecular flexibility index (Phi) is 11.1. The molecule has 0 heterocycles. The minimum absolute atomic E-state index is 0.169. The molecule has 0 saturated heterocycles. The van der Waals surface area contributed by atoms with E-state index in [0.717, 1.165) is 4.42 Å². The van der Waals surface area contributed by atoms with Crippen LogP contribution in [0.2, 0.25) is 5.02 Å². The normalized spacial score (nSPS) is 11.7. The highest BCUT2D eigenvalue weighted by atomic mass is 35.5. The van der Waals surface area contributed by atoms with Gasteiger partial charge >= 0.3 is 0 Å². The Morgan fingerprint density at radius 1 is 0.886 bits per heavy atom. The molecule has 190 valence electrons. The summed E-state index contributed by atoms with van der Waals surface area (Å²) >= 11 is 12.7. The summed E-state index contributed by atoms with van der Waals surface area (Å²) in [7, 11) is 0. The zero-order chi connectivity index (χ0) is 26.0. The first-order chi connectivity index (χ1) is 16.8. The van der Waals surface area contributed by atoms with Crippen LogP contribution < -0.4 is 23.4 Å². The van der Waals surface area contributed by atoms with Crippen LogP contribution in [-0.4, -0.2) is 44.2 Å². The van der Waals surface area contributed by atoms with Gasteiger partial charge in [0, 0.05) is 23.9 Å². The molecule has 0 radical (unpaired) electrons. The van der Waals surface area contributed by atoms with Gasteiger partial charge in [0.15, 0.2) is 17.3 Å². The number of nitrogens with zero attached hydrogens (tertiary/aromatic N) is 3. The molecular formula is C24H29Cl2N3O6. The summed E-state index contributed by atoms with van der Waals surface area (Å²) in [5.41, 5.74) is 0.366. The van der Waals surface area contributed by atoms with Gasteiger partial charge < -0.3 is 18.9 Å². The molecule has 1 atom stereocenters. The number of carbonyl (C=O) groups excluding carboxylic acids is 2. The Hall–Kier alpha value is -3.04. The highest BCUT2D eigenvalue weighted by molar-refractivity contribution is 6.40. The van der Waals surface area contributed by atoms with Gasteiger partial charge in [0.1, 0.15) is 22.9 Å². The minimum atomic E-state index is -1.53. The van der Waals surface area contributed by atoms with Crippen LogP contribution in [0.4, 0.5) is 11.4 Å². The maximum absolute atomic E-state index is 13.2. The number of Topliss-reactive ketones (excluding diaryl/α,β-unsaturated/α-hetero) is 1. The van der Waals surface area contributed by atoms with Gasteiger partial charge in [-0.25, -0.2) is 4.42 Å². The predicted molar refractivity (Wildman–Crippen MR) is 135 cm³/mol. The highest BCUT2D eigenvalue weighted by Crippen LogP contribution is 2.41. The van der Waals surface area contributed by atoms with Crippen molar-refractivity contribution in [2.45, 2.75) is 40.7 Å². The minimum Gasteiger partial charge on any atom is -0.491 e. The number of azo groups is 1. The van der Waals surface area contributed by atoms with Gasteiger partial charge in [0.05, 0.1) is 31.5 Å². The molecule has 0 spiro atoms. The fourth-order valence-electron chi connectivity index (χ4n) is 3.02. The highest BCUT2D eigenvalue weighted by Gasteiger charge is 2.32. The standard InChI is InChI=1S/C24H29Cl2N3O6/c1-6-32-18-11-10-12-19(33-7-2)23(18)29(26)24(31)22(15(5)30)28-27-17-14-21(35-9-4)20(34-8-3)13-16(17)25/h10-14,22H,6-9H2,1-5H3. The molecule has 0 N–H and O–H groups in total. The van der Waals surface area contributed by atoms with Gasteiger partial charge in [-0.15, -0.1) is 0 Å². The summed E-state index contributed by atoms with van der Waals surface area (Å²) in [6, 6.07) is 6.52. The molecule has 0 saturated carbocycles. The third-order valence-corrected chi connectivity index (χ3v) is 5.10. The van der Waals surface area contributed by atoms with Gasteiger partial charge in [-0.05, 0) is 46.8 Å². The summed E-state index contributed by atoms with van der Waals surface area (Å²) in [5, 5.41) is 8.23. The molecule has 35 heavy (non-hydrogen) atoms. The number of anilines is 1. The van der Waals surface area contributed by atoms with E-state index in [9.17, 15) is 9.59 Å². The van der Waals surface area contributed by atoms with Crippen molar-refractivity contribution < 1.29 is 28.5 Å². The van der Waals surface area contributed by atoms with E-state index in [0.29, 0.717) is 49.4 Å². The number of para-hydroxylation sites is 1. The maximum Gasteiger partial charge on any atom is 0.276 e. The Morgan fingerprint density at radius 3 is 1.86 bits per heavy atom. The Labute approximate surface area is 215 Å². The van der Waals surface area contributed by atoms with Gasteiger partial charge in [0.2, 0.25) is 6.04 Å². The summed E-state index contributed by atoms with van der Waals surface area (Å²) < 4.78 is 23.1. The Bertz CT molecular complexity index is 1040. The van der Waals surface area contributed by atoms with Gasteiger partial charge in [0.25, 0.3) is 5.91 Å². The predicted octanol–water partition coefficient (Wildman–Crippen LogP) is 6.16. The van der Waals surface area contributed by atoms with Crippen LogP contribution in [0.1, 0.15) is 34.6 Å². The van der Waals surface area contributed by atoms with E-state index in [-0.39, 0.29) is 16.4 Å². The molecule has 0 aliphatic rings. The van der Waals surface area contributed by atoms with E-state index in [2.05, 4.69) is 10.2 Å². The van der Waals surface area contributed by atoms with E-state index in [1.54, 1.807) is 32.0 Å². The zero-order valence-electron chi connectivity index (χ0n) is 20.3. The lowest BCUT2D eigenvalue weighted by molar-refractivity contribution is -0.126. The van der Waals surface area contributed by atoms with Crippen molar-refractivity contribution in [1.29, 1.82) is 0 Å². The van der Waals surface area contributed by atoms with Crippen molar-refractivity contribution in [3.8, 4) is 23.0 Å². The SMILES string of the molecule is CCOc1cc(Cl)c(N=NC(C(C)=O)C(=O)N(Cl)c2c(OCC)cccc2OCC)cc1OCC. The lowest BCUT2D eigenvalue weighted by Gasteiger charge is -2.22. The first kappa shape index (κ1) is 28.2. The first-order valence-corrected chi connectivity index (χ1v) is 11.9. The smallest absolute Gasteiger partial charge is 0.276 e. The number of halogens is 2. The summed E-state index contributed by atoms with van der Waals surface area (Å²) in [6.07, 6.45) is 0. The molecule has 0 bridgehead atoms. The molecule has 0 aromatic heterocycles. The molecule has 2 aromatic carbocycles. The number of ether oxygens (including phenoxy) is 4. The summed E-state index contributed by atoms with van der Waals surface area (Å²) in [5.74, 6) is 0.0881. The van der Waals surface area contributed by atoms with Crippen molar-refractivity contribution in [2.24, 2.45) is 10.2 Å². The molecule has 2 rings (SSSR count). The Morgan fingerprint density at radius 2 is 1.37 bits per heavy atom. The van der Waals surface area contributed by atoms with E-state index < -0.39 is 17.7 Å². The van der Waals surface area contributed by atoms with Crippen LogP contribution in [-0.2, 0) is 9.59 Å². The molecule has 11 heteroatoms. The molecule has 0 aliphatic heterocycles. The third kappa shape index (κ3) is 7.22. The number of hydrogen-bond donors (Lipinski definition) is 0. The zero-order valence-corrected chi connectivity index (χ0v) is 21.9. The second-order valence-corrected chi connectivity index (χ2v) is 7.68. The van der Waals surface area contributed by atoms with Crippen molar-refractivity contribution in [2.75, 3.05) is 30.8 Å². The average Bonchev–Trinajstić information content (AvgIpc) is 2.82. The van der Waals surface area contributed by atoms with Crippen molar-refractivity contribution >= 4 is 46.4 Å². The number of carbonyl (C=O) groups is 2. The van der Waals surface area contributed by atoms with Crippen LogP contribution in [0.15, 0.2) is 40.6 Å². The van der Waals surface area contributed by atoms with E-state index >= 15 is 0 Å². The molecule has 0 fully saturated rings. The number of ketones is 1. The lowest BCUT2D eigenvalue weighted by Crippen LogP contribution is -2.36. The number of benzene rings is 2. The molecular weight excluding hydrogens is 497 g/mol. The van der Waals surface area contributed by atoms with Gasteiger partial charge in [-0.3, -0.25) is 9.59 Å². The fourth-order valence-corrected chi connectivity index (χ4v) is 3.47. The van der Waals surface area contributed by atoms with Crippen LogP contribution in [0, 0.1) is 0 Å². The first-order valence-electron chi connectivity index (χ1n) is 11.2. The molecule has 1 amide bonds. The quantitative estimate of drug-likeness (QED) is 0.176. The Balaban J connectivity index is 2.43. The topological polar surface area (TPSA) is 99.0 Å². The van der Waals surface area contributed by atoms with Crippen LogP contribution in [0.25, 0.3) is 0 Å². The van der Waals surface area contributed by atoms with Crippen LogP contribution in [0.3, 0.4) is 0 Å². The van der Waals surface area contributed by atoms with Crippen molar-refractivity contribution in [1.82, 2.24) is 0 Å². The summed E-state index contributed by atoms with van der Waals surface area (Å²) in [4.78, 5) is 25.6. The number of hydrogen-bond acceptors (Lipinski definition) is 8. The lowest BCUT2D eigenvalue weighted by atomic mass is 10.2. The molecule has 1 unspecified atom stereocenters. The number of rotatable bonds is 13. The fraction of sp³-hybridized carbons (Fsp3) is 0.417. The van der Waals surface area contributed by atoms with E-state index in [1.165, 1.54) is 19.1 Å². The van der Waals surface area contributed by atoms with E-state index in [1.807, 2.05) is 13.8 Å². The third-order valence-electron chi connectivity index (χ3n) is 4.46. The van der Waals surface area contributed by atoms with Gasteiger partial charge in [-0.1, -0.05) is 17.7 Å². The van der Waals surface area contributed by atoms with Crippen LogP contribution in [0.5, 0.6) is 23.0 Å². The average molecular weight is 526 g/mol. The van der Waals surface area contributed by atoms with Crippen molar-refractivity contribution in [3.63, 3.8) is 0 Å². The van der Waals surface area contributed by atoms with Crippen LogP contribution >= 0.6 is 23.4 Å². The summed E-state index contributed by atoms with van der Waals surface area (Å²) in [6.45, 7) is 9.91. The number of amides is 1. The monoisotopic (exact) mass is 525 g/mol. The molecule has 2 aromatic rings. The van der Waals surface area contributed by atoms with Crippen molar-refractivity contribution in [3.05, 3.63) is 35.4 Å². The largest absolute Gasteiger partial charge is 0.491 e. The maximum atomic E-state index is 13.2. The molecule has 0 aliphatic carbocycles. The molecule has 9 nitrogen and oxygen atoms in total. The second-order valence-electron chi connectivity index (χ2n) is 6.93. The van der Waals surface area contributed by atoms with E-state index in [4.69, 9.17) is 42.3 Å². The van der Waals surface area contributed by atoms with Gasteiger partial charge in [-0.2, -0.15) is 10.2 Å².